The summed E-state index contributed by atoms with van der Waals surface area (Å²) in [6, 6.07) is 0.207. The Morgan fingerprint density at radius 2 is 1.78 bits per heavy atom. The average molecular weight is 290 g/mol. The van der Waals surface area contributed by atoms with Gasteiger partial charge >= 0.3 is 0 Å². The van der Waals surface area contributed by atoms with Gasteiger partial charge in [0, 0.05) is 11.7 Å². The first-order chi connectivity index (χ1) is 7.94. The third kappa shape index (κ3) is 2.88. The second kappa shape index (κ2) is 4.76. The number of hydrogen-bond acceptors (Lipinski definition) is 2. The molecule has 1 aliphatic rings. The summed E-state index contributed by atoms with van der Waals surface area (Å²) < 4.78 is 26.2. The number of hydrogen-bond donors (Lipinski definition) is 0. The Hall–Kier alpha value is -0.133. The van der Waals surface area contributed by atoms with Crippen molar-refractivity contribution >= 4 is 18.1 Å². The first-order valence-corrected chi connectivity index (χ1v) is 11.6. The van der Waals surface area contributed by atoms with Crippen LogP contribution in [-0.4, -0.2) is 37.3 Å². The van der Waals surface area contributed by atoms with E-state index < -0.39 is 22.8 Å². The standard InChI is InChI=1S/C13H27NO2SSi/c1-8-9-10-11-12(18(5,6)7)14(11)17(15,16)13(2,3)4/h8,11-12H,1,9-10H2,2-7H3/t11-,12-,14?/m1/s1. The summed E-state index contributed by atoms with van der Waals surface area (Å²) in [6.07, 6.45) is 3.68. The first kappa shape index (κ1) is 15.9. The van der Waals surface area contributed by atoms with Crippen LogP contribution >= 0.6 is 0 Å². The second-order valence-corrected chi connectivity index (χ2v) is 15.1. The van der Waals surface area contributed by atoms with Crippen LogP contribution in [0.25, 0.3) is 0 Å². The molecule has 3 nitrogen and oxygen atoms in total. The maximum absolute atomic E-state index is 12.6. The molecular formula is C13H27NO2SSi. The van der Waals surface area contributed by atoms with Crippen molar-refractivity contribution < 1.29 is 8.42 Å². The van der Waals surface area contributed by atoms with E-state index in [1.165, 1.54) is 0 Å². The molecule has 0 amide bonds. The quantitative estimate of drug-likeness (QED) is 0.443. The highest BCUT2D eigenvalue weighted by Crippen LogP contribution is 2.44. The Kier molecular flexibility index (Phi) is 4.21. The van der Waals surface area contributed by atoms with Gasteiger partial charge < -0.3 is 0 Å². The largest absolute Gasteiger partial charge is 0.219 e. The molecule has 5 heteroatoms. The molecule has 0 N–H and O–H groups in total. The van der Waals surface area contributed by atoms with Crippen molar-refractivity contribution in [1.29, 1.82) is 0 Å². The molecule has 0 aromatic rings. The number of allylic oxidation sites excluding steroid dienone is 1. The fourth-order valence-electron chi connectivity index (χ4n) is 2.43. The van der Waals surface area contributed by atoms with E-state index in [1.54, 1.807) is 25.1 Å². The fraction of sp³-hybridized carbons (Fsp3) is 0.846. The van der Waals surface area contributed by atoms with Gasteiger partial charge in [-0.05, 0) is 33.6 Å². The van der Waals surface area contributed by atoms with E-state index in [9.17, 15) is 8.42 Å². The SMILES string of the molecule is C=CCC[C@@H]1[C@@H]([Si](C)(C)C)N1S(=O)(=O)C(C)(C)C. The highest BCUT2D eigenvalue weighted by molar-refractivity contribution is 7.90. The molecule has 0 spiro atoms. The minimum absolute atomic E-state index is 0.207. The van der Waals surface area contributed by atoms with E-state index in [0.717, 1.165) is 12.8 Å². The van der Waals surface area contributed by atoms with Crippen LogP contribution in [0.2, 0.25) is 19.6 Å². The minimum atomic E-state index is -3.18. The lowest BCUT2D eigenvalue weighted by atomic mass is 10.2. The third-order valence-corrected chi connectivity index (χ3v) is 8.71. The highest BCUT2D eigenvalue weighted by atomic mass is 32.2. The molecule has 3 atom stereocenters. The zero-order valence-electron chi connectivity index (χ0n) is 12.5. The van der Waals surface area contributed by atoms with Gasteiger partial charge in [0.1, 0.15) is 0 Å². The summed E-state index contributed by atoms with van der Waals surface area (Å²) in [7, 11) is -4.66. The summed E-state index contributed by atoms with van der Waals surface area (Å²) in [4.78, 5) is 0. The van der Waals surface area contributed by atoms with Gasteiger partial charge in [-0.2, -0.15) is 4.31 Å². The van der Waals surface area contributed by atoms with Crippen LogP contribution in [0, 0.1) is 0 Å². The van der Waals surface area contributed by atoms with E-state index in [1.807, 2.05) is 6.08 Å². The summed E-state index contributed by atoms with van der Waals surface area (Å²) in [5.74, 6) is 0. The van der Waals surface area contributed by atoms with Crippen molar-refractivity contribution in [2.24, 2.45) is 0 Å². The molecule has 1 rings (SSSR count). The van der Waals surface area contributed by atoms with E-state index in [2.05, 4.69) is 26.2 Å². The van der Waals surface area contributed by atoms with Crippen molar-refractivity contribution in [2.45, 2.75) is 69.7 Å². The lowest BCUT2D eigenvalue weighted by molar-refractivity contribution is 0.510. The smallest absolute Gasteiger partial charge is 0.212 e. The van der Waals surface area contributed by atoms with Crippen molar-refractivity contribution in [3.8, 4) is 0 Å². The van der Waals surface area contributed by atoms with Crippen molar-refractivity contribution in [2.75, 3.05) is 0 Å². The molecule has 1 aliphatic heterocycles. The third-order valence-electron chi connectivity index (χ3n) is 3.48. The minimum Gasteiger partial charge on any atom is -0.212 e. The summed E-state index contributed by atoms with van der Waals surface area (Å²) in [5, 5.41) is 0. The van der Waals surface area contributed by atoms with Crippen LogP contribution in [-0.2, 0) is 10.0 Å². The molecule has 0 aliphatic carbocycles. The summed E-state index contributed by atoms with van der Waals surface area (Å²) >= 11 is 0. The average Bonchev–Trinajstić information content (AvgIpc) is 2.86. The van der Waals surface area contributed by atoms with Crippen molar-refractivity contribution in [3.05, 3.63) is 12.7 Å². The zero-order chi connectivity index (χ0) is 14.4. The van der Waals surface area contributed by atoms with Crippen LogP contribution in [0.15, 0.2) is 12.7 Å². The van der Waals surface area contributed by atoms with Crippen LogP contribution < -0.4 is 0 Å². The maximum Gasteiger partial charge on any atom is 0.219 e. The Bertz CT molecular complexity index is 417. The molecule has 1 heterocycles. The number of nitrogens with zero attached hydrogens (tertiary/aromatic N) is 1. The molecule has 0 aromatic heterocycles. The van der Waals surface area contributed by atoms with Gasteiger partial charge in [-0.25, -0.2) is 8.42 Å². The zero-order valence-corrected chi connectivity index (χ0v) is 14.3. The molecule has 1 fully saturated rings. The normalized spacial score (nSPS) is 29.1. The number of sulfonamides is 1. The lowest BCUT2D eigenvalue weighted by Gasteiger charge is -2.23. The monoisotopic (exact) mass is 289 g/mol. The lowest BCUT2D eigenvalue weighted by Crippen LogP contribution is -2.39. The van der Waals surface area contributed by atoms with Gasteiger partial charge in [0.25, 0.3) is 0 Å². The van der Waals surface area contributed by atoms with Gasteiger partial charge in [-0.15, -0.1) is 6.58 Å². The molecule has 106 valence electrons. The van der Waals surface area contributed by atoms with Crippen LogP contribution in [0.4, 0.5) is 0 Å². The van der Waals surface area contributed by atoms with Crippen LogP contribution in [0.5, 0.6) is 0 Å². The summed E-state index contributed by atoms with van der Waals surface area (Å²) in [6.45, 7) is 15.8. The van der Waals surface area contributed by atoms with Crippen LogP contribution in [0.3, 0.4) is 0 Å². The molecule has 0 radical (unpaired) electrons. The van der Waals surface area contributed by atoms with Crippen molar-refractivity contribution in [1.82, 2.24) is 4.31 Å². The van der Waals surface area contributed by atoms with E-state index >= 15 is 0 Å². The molecule has 0 bridgehead atoms. The van der Waals surface area contributed by atoms with Gasteiger partial charge in [0.2, 0.25) is 10.0 Å². The Morgan fingerprint density at radius 1 is 1.28 bits per heavy atom. The molecule has 1 unspecified atom stereocenters. The molecular weight excluding hydrogens is 262 g/mol. The predicted molar refractivity (Wildman–Crippen MR) is 80.9 cm³/mol. The summed E-state index contributed by atoms with van der Waals surface area (Å²) in [5.41, 5.74) is 0.265. The van der Waals surface area contributed by atoms with Gasteiger partial charge in [0.15, 0.2) is 0 Å². The van der Waals surface area contributed by atoms with E-state index in [0.29, 0.717) is 0 Å². The van der Waals surface area contributed by atoms with E-state index in [-0.39, 0.29) is 11.7 Å². The van der Waals surface area contributed by atoms with Gasteiger partial charge in [-0.3, -0.25) is 0 Å². The van der Waals surface area contributed by atoms with Gasteiger partial charge in [0.05, 0.1) is 12.8 Å². The predicted octanol–water partition coefficient (Wildman–Crippen LogP) is 3.01. The maximum atomic E-state index is 12.6. The molecule has 18 heavy (non-hydrogen) atoms. The fourth-order valence-corrected chi connectivity index (χ4v) is 7.85. The Labute approximate surface area is 113 Å². The van der Waals surface area contributed by atoms with Crippen LogP contribution in [0.1, 0.15) is 33.6 Å². The molecule has 0 saturated carbocycles. The number of rotatable bonds is 5. The highest BCUT2D eigenvalue weighted by Gasteiger charge is 2.61. The van der Waals surface area contributed by atoms with Gasteiger partial charge in [-0.1, -0.05) is 25.7 Å². The molecule has 0 aromatic carbocycles. The first-order valence-electron chi connectivity index (χ1n) is 6.58. The van der Waals surface area contributed by atoms with E-state index in [4.69, 9.17) is 0 Å². The second-order valence-electron chi connectivity index (χ2n) is 7.19. The molecule has 1 saturated heterocycles. The van der Waals surface area contributed by atoms with Crippen molar-refractivity contribution in [3.63, 3.8) is 0 Å². The topological polar surface area (TPSA) is 37.1 Å². The Balaban J connectivity index is 2.98. The Morgan fingerprint density at radius 3 is 2.11 bits per heavy atom.